The van der Waals surface area contributed by atoms with E-state index in [0.717, 1.165) is 28.5 Å². The van der Waals surface area contributed by atoms with E-state index in [-0.39, 0.29) is 16.8 Å². The van der Waals surface area contributed by atoms with Gasteiger partial charge in [0, 0.05) is 24.6 Å². The molecule has 1 saturated heterocycles. The van der Waals surface area contributed by atoms with Crippen LogP contribution in [0.1, 0.15) is 24.0 Å². The Kier molecular flexibility index (Phi) is 5.86. The molecule has 0 atom stereocenters. The fourth-order valence-electron chi connectivity index (χ4n) is 3.26. The fraction of sp³-hybridized carbons (Fsp3) is 0.286. The number of rotatable bonds is 5. The van der Waals surface area contributed by atoms with Crippen LogP contribution in [0.15, 0.2) is 41.8 Å². The Bertz CT molecular complexity index is 1180. The molecule has 158 valence electrons. The van der Waals surface area contributed by atoms with Crippen molar-refractivity contribution in [1.29, 1.82) is 0 Å². The number of nitrogens with zero attached hydrogens (tertiary/aromatic N) is 2. The maximum absolute atomic E-state index is 13.8. The number of ether oxygens (including phenoxy) is 1. The number of benzene rings is 2. The van der Waals surface area contributed by atoms with Crippen molar-refractivity contribution in [2.24, 2.45) is 0 Å². The quantitative estimate of drug-likeness (QED) is 0.564. The summed E-state index contributed by atoms with van der Waals surface area (Å²) in [4.78, 5) is 4.10. The summed E-state index contributed by atoms with van der Waals surface area (Å²) in [5, 5.41) is 1.49. The van der Waals surface area contributed by atoms with Crippen LogP contribution in [0.5, 0.6) is 5.19 Å². The molecule has 1 aliphatic rings. The molecular formula is C21H20F2N2O3S2. The van der Waals surface area contributed by atoms with Crippen molar-refractivity contribution < 1.29 is 21.9 Å². The average molecular weight is 451 g/mol. The van der Waals surface area contributed by atoms with Gasteiger partial charge in [0.05, 0.1) is 4.70 Å². The van der Waals surface area contributed by atoms with Gasteiger partial charge in [0.15, 0.2) is 5.82 Å². The zero-order chi connectivity index (χ0) is 21.3. The van der Waals surface area contributed by atoms with Crippen LogP contribution in [-0.4, -0.2) is 36.9 Å². The second-order valence-corrected chi connectivity index (χ2v) is 10.0. The molecule has 4 rings (SSSR count). The molecule has 5 nitrogen and oxygen atoms in total. The van der Waals surface area contributed by atoms with E-state index >= 15 is 0 Å². The highest BCUT2D eigenvalue weighted by Gasteiger charge is 2.28. The third kappa shape index (κ3) is 4.69. The SMILES string of the molecule is Cc1ccc(/C=C/S(=O)(=O)N2CCC(Oc3nc4c(F)cc(F)cc4s3)CC2)cc1. The Morgan fingerprint density at radius 1 is 1.17 bits per heavy atom. The summed E-state index contributed by atoms with van der Waals surface area (Å²) in [6.07, 6.45) is 2.34. The molecule has 2 heterocycles. The summed E-state index contributed by atoms with van der Waals surface area (Å²) in [7, 11) is -3.53. The number of aryl methyl sites for hydroxylation is 1. The molecule has 9 heteroatoms. The Balaban J connectivity index is 1.37. The van der Waals surface area contributed by atoms with Gasteiger partial charge in [-0.25, -0.2) is 17.2 Å². The second-order valence-electron chi connectivity index (χ2n) is 7.19. The standard InChI is InChI=1S/C21H20F2N2O3S2/c1-14-2-4-15(5-3-14)8-11-30(26,27)25-9-6-17(7-10-25)28-21-24-20-18(23)12-16(22)13-19(20)29-21/h2-5,8,11-13,17H,6-7,9-10H2,1H3/b11-8+. The first-order valence-corrected chi connectivity index (χ1v) is 11.8. The number of aromatic nitrogens is 1. The van der Waals surface area contributed by atoms with Crippen molar-refractivity contribution in [3.05, 3.63) is 64.6 Å². The number of fused-ring (bicyclic) bond motifs is 1. The predicted molar refractivity (Wildman–Crippen MR) is 114 cm³/mol. The van der Waals surface area contributed by atoms with Gasteiger partial charge in [0.1, 0.15) is 17.4 Å². The molecule has 1 aliphatic heterocycles. The predicted octanol–water partition coefficient (Wildman–Crippen LogP) is 4.73. The maximum Gasteiger partial charge on any atom is 0.274 e. The molecule has 2 aromatic carbocycles. The maximum atomic E-state index is 13.8. The van der Waals surface area contributed by atoms with Crippen molar-refractivity contribution in [1.82, 2.24) is 9.29 Å². The van der Waals surface area contributed by atoms with Gasteiger partial charge >= 0.3 is 0 Å². The summed E-state index contributed by atoms with van der Waals surface area (Å²) < 4.78 is 59.9. The van der Waals surface area contributed by atoms with Gasteiger partial charge < -0.3 is 4.74 Å². The smallest absolute Gasteiger partial charge is 0.274 e. The van der Waals surface area contributed by atoms with Gasteiger partial charge in [0.25, 0.3) is 5.19 Å². The van der Waals surface area contributed by atoms with E-state index in [9.17, 15) is 17.2 Å². The summed E-state index contributed by atoms with van der Waals surface area (Å²) in [6.45, 7) is 2.61. The van der Waals surface area contributed by atoms with Crippen LogP contribution in [0, 0.1) is 18.6 Å². The molecule has 1 fully saturated rings. The van der Waals surface area contributed by atoms with Gasteiger partial charge in [0.2, 0.25) is 10.0 Å². The van der Waals surface area contributed by atoms with E-state index in [1.165, 1.54) is 15.8 Å². The van der Waals surface area contributed by atoms with Crippen LogP contribution in [-0.2, 0) is 10.0 Å². The highest BCUT2D eigenvalue weighted by Crippen LogP contribution is 2.32. The van der Waals surface area contributed by atoms with Crippen molar-refractivity contribution in [3.63, 3.8) is 0 Å². The fourth-order valence-corrected chi connectivity index (χ4v) is 5.40. The summed E-state index contributed by atoms with van der Waals surface area (Å²) in [5.41, 5.74) is 2.01. The van der Waals surface area contributed by atoms with Gasteiger partial charge in [-0.05, 0) is 37.5 Å². The van der Waals surface area contributed by atoms with Crippen molar-refractivity contribution in [2.75, 3.05) is 13.1 Å². The minimum atomic E-state index is -3.53. The molecule has 3 aromatic rings. The number of sulfonamides is 1. The first-order chi connectivity index (χ1) is 14.3. The lowest BCUT2D eigenvalue weighted by Crippen LogP contribution is -2.40. The molecule has 1 aromatic heterocycles. The lowest BCUT2D eigenvalue weighted by atomic mass is 10.1. The third-order valence-corrected chi connectivity index (χ3v) is 7.39. The number of halogens is 2. The Morgan fingerprint density at radius 3 is 2.57 bits per heavy atom. The van der Waals surface area contributed by atoms with Crippen molar-refractivity contribution in [2.45, 2.75) is 25.9 Å². The van der Waals surface area contributed by atoms with Crippen LogP contribution >= 0.6 is 11.3 Å². The molecular weight excluding hydrogens is 430 g/mol. The van der Waals surface area contributed by atoms with E-state index in [2.05, 4.69) is 4.98 Å². The highest BCUT2D eigenvalue weighted by atomic mass is 32.2. The van der Waals surface area contributed by atoms with Gasteiger partial charge in [-0.3, -0.25) is 0 Å². The lowest BCUT2D eigenvalue weighted by molar-refractivity contribution is 0.135. The normalized spacial score (nSPS) is 16.5. The molecule has 0 amide bonds. The highest BCUT2D eigenvalue weighted by molar-refractivity contribution is 7.92. The van der Waals surface area contributed by atoms with Gasteiger partial charge in [-0.2, -0.15) is 9.29 Å². The Hall–Kier alpha value is -2.36. The van der Waals surface area contributed by atoms with Crippen LogP contribution in [0.4, 0.5) is 8.78 Å². The van der Waals surface area contributed by atoms with Gasteiger partial charge in [-0.15, -0.1) is 0 Å². The summed E-state index contributed by atoms with van der Waals surface area (Å²) >= 11 is 1.08. The Morgan fingerprint density at radius 2 is 1.87 bits per heavy atom. The molecule has 0 spiro atoms. The third-order valence-electron chi connectivity index (χ3n) is 4.93. The molecule has 0 radical (unpaired) electrons. The molecule has 0 N–H and O–H groups in total. The molecule has 0 bridgehead atoms. The minimum absolute atomic E-state index is 0.0812. The Labute approximate surface area is 177 Å². The number of piperidine rings is 1. The van der Waals surface area contributed by atoms with Crippen LogP contribution < -0.4 is 4.74 Å². The molecule has 0 unspecified atom stereocenters. The summed E-state index contributed by atoms with van der Waals surface area (Å²) in [5.74, 6) is -1.38. The van der Waals surface area contributed by atoms with Crippen LogP contribution in [0.3, 0.4) is 0 Å². The van der Waals surface area contributed by atoms with Crippen LogP contribution in [0.25, 0.3) is 16.3 Å². The zero-order valence-corrected chi connectivity index (χ0v) is 17.8. The van der Waals surface area contributed by atoms with Crippen molar-refractivity contribution in [3.8, 4) is 5.19 Å². The van der Waals surface area contributed by atoms with E-state index in [1.54, 1.807) is 6.08 Å². The number of thiazole rings is 1. The number of hydrogen-bond acceptors (Lipinski definition) is 5. The average Bonchev–Trinajstić information content (AvgIpc) is 3.10. The molecule has 0 aliphatic carbocycles. The largest absolute Gasteiger partial charge is 0.467 e. The first-order valence-electron chi connectivity index (χ1n) is 9.47. The molecule has 0 saturated carbocycles. The van der Waals surface area contributed by atoms with E-state index in [1.807, 2.05) is 31.2 Å². The van der Waals surface area contributed by atoms with E-state index in [0.29, 0.717) is 30.6 Å². The topological polar surface area (TPSA) is 59.5 Å². The van der Waals surface area contributed by atoms with Crippen molar-refractivity contribution >= 4 is 37.7 Å². The minimum Gasteiger partial charge on any atom is -0.467 e. The van der Waals surface area contributed by atoms with E-state index < -0.39 is 21.7 Å². The second kappa shape index (κ2) is 8.41. The van der Waals surface area contributed by atoms with Gasteiger partial charge in [-0.1, -0.05) is 41.2 Å². The van der Waals surface area contributed by atoms with E-state index in [4.69, 9.17) is 4.74 Å². The van der Waals surface area contributed by atoms with Crippen LogP contribution in [0.2, 0.25) is 0 Å². The lowest BCUT2D eigenvalue weighted by Gasteiger charge is -2.29. The number of hydrogen-bond donors (Lipinski definition) is 0. The molecule has 30 heavy (non-hydrogen) atoms. The first kappa shape index (κ1) is 20.9. The monoisotopic (exact) mass is 450 g/mol. The zero-order valence-electron chi connectivity index (χ0n) is 16.2. The summed E-state index contributed by atoms with van der Waals surface area (Å²) in [6, 6.07) is 9.61.